The molecule has 0 fully saturated rings. The van der Waals surface area contributed by atoms with Crippen LogP contribution in [0.25, 0.3) is 0 Å². The van der Waals surface area contributed by atoms with E-state index in [2.05, 4.69) is 39.6 Å². The van der Waals surface area contributed by atoms with E-state index in [0.717, 1.165) is 22.7 Å². The lowest BCUT2D eigenvalue weighted by atomic mass is 10.1. The Balaban J connectivity index is 1.90. The fourth-order valence-electron chi connectivity index (χ4n) is 2.13. The molecule has 0 saturated heterocycles. The number of nitrogens with one attached hydrogen (secondary N) is 2. The van der Waals surface area contributed by atoms with Gasteiger partial charge in [-0.15, -0.1) is 0 Å². The van der Waals surface area contributed by atoms with Gasteiger partial charge in [0.2, 0.25) is 5.88 Å². The standard InChI is InChI=1S/C17H25N5O2/c1-11(2)15-8-14(24-22-15)10-20-17(18-4)19-9-13-7-6-12(3)21-16(13)23-5/h6-8,11H,9-10H2,1-5H3,(H2,18,19,20). The van der Waals surface area contributed by atoms with Crippen LogP contribution in [0.1, 0.15) is 42.5 Å². The third-order valence-electron chi connectivity index (χ3n) is 3.54. The first-order chi connectivity index (χ1) is 11.5. The summed E-state index contributed by atoms with van der Waals surface area (Å²) in [5, 5.41) is 10.5. The second-order valence-electron chi connectivity index (χ2n) is 5.77. The Morgan fingerprint density at radius 1 is 1.29 bits per heavy atom. The summed E-state index contributed by atoms with van der Waals surface area (Å²) in [5.41, 5.74) is 2.84. The van der Waals surface area contributed by atoms with Crippen LogP contribution in [-0.2, 0) is 13.1 Å². The van der Waals surface area contributed by atoms with Crippen molar-refractivity contribution in [3.8, 4) is 5.88 Å². The number of aryl methyl sites for hydroxylation is 1. The van der Waals surface area contributed by atoms with Crippen LogP contribution in [0.5, 0.6) is 5.88 Å². The number of ether oxygens (including phenoxy) is 1. The molecule has 0 unspecified atom stereocenters. The van der Waals surface area contributed by atoms with Crippen LogP contribution >= 0.6 is 0 Å². The quantitative estimate of drug-likeness (QED) is 0.624. The van der Waals surface area contributed by atoms with Gasteiger partial charge < -0.3 is 19.9 Å². The number of nitrogens with zero attached hydrogens (tertiary/aromatic N) is 3. The van der Waals surface area contributed by atoms with Gasteiger partial charge in [0.1, 0.15) is 0 Å². The predicted octanol–water partition coefficient (Wildman–Crippen LogP) is 2.38. The number of aromatic nitrogens is 2. The first-order valence-corrected chi connectivity index (χ1v) is 7.94. The number of aliphatic imine (C=N–C) groups is 1. The normalized spacial score (nSPS) is 11.7. The average molecular weight is 331 g/mol. The van der Waals surface area contributed by atoms with Crippen LogP contribution in [0.3, 0.4) is 0 Å². The SMILES string of the molecule is CN=C(NCc1cc(C(C)C)no1)NCc1ccc(C)nc1OC. The highest BCUT2D eigenvalue weighted by Crippen LogP contribution is 2.15. The Bertz CT molecular complexity index is 694. The fourth-order valence-corrected chi connectivity index (χ4v) is 2.13. The summed E-state index contributed by atoms with van der Waals surface area (Å²) < 4.78 is 10.6. The van der Waals surface area contributed by atoms with Gasteiger partial charge in [-0.2, -0.15) is 0 Å². The summed E-state index contributed by atoms with van der Waals surface area (Å²) in [6, 6.07) is 5.91. The predicted molar refractivity (Wildman–Crippen MR) is 93.2 cm³/mol. The molecule has 0 saturated carbocycles. The topological polar surface area (TPSA) is 84.6 Å². The minimum atomic E-state index is 0.349. The molecule has 0 radical (unpaired) electrons. The fraction of sp³-hybridized carbons (Fsp3) is 0.471. The Hall–Kier alpha value is -2.57. The number of hydrogen-bond donors (Lipinski definition) is 2. The summed E-state index contributed by atoms with van der Waals surface area (Å²) in [4.78, 5) is 8.57. The molecular weight excluding hydrogens is 306 g/mol. The molecule has 0 aliphatic carbocycles. The first-order valence-electron chi connectivity index (χ1n) is 7.94. The molecule has 0 bridgehead atoms. The van der Waals surface area contributed by atoms with Crippen LogP contribution in [-0.4, -0.2) is 30.3 Å². The molecule has 24 heavy (non-hydrogen) atoms. The molecule has 130 valence electrons. The van der Waals surface area contributed by atoms with Crippen molar-refractivity contribution < 1.29 is 9.26 Å². The van der Waals surface area contributed by atoms with E-state index >= 15 is 0 Å². The van der Waals surface area contributed by atoms with Gasteiger partial charge in [0.05, 0.1) is 19.3 Å². The molecular formula is C17H25N5O2. The van der Waals surface area contributed by atoms with E-state index in [1.165, 1.54) is 0 Å². The molecule has 0 amide bonds. The second-order valence-corrected chi connectivity index (χ2v) is 5.77. The van der Waals surface area contributed by atoms with Crippen molar-refractivity contribution >= 4 is 5.96 Å². The third-order valence-corrected chi connectivity index (χ3v) is 3.54. The van der Waals surface area contributed by atoms with E-state index in [-0.39, 0.29) is 0 Å². The monoisotopic (exact) mass is 331 g/mol. The molecule has 7 heteroatoms. The summed E-state index contributed by atoms with van der Waals surface area (Å²) in [7, 11) is 3.34. The van der Waals surface area contributed by atoms with Gasteiger partial charge in [-0.25, -0.2) is 4.98 Å². The van der Waals surface area contributed by atoms with Gasteiger partial charge in [-0.05, 0) is 18.9 Å². The van der Waals surface area contributed by atoms with Crippen molar-refractivity contribution in [1.29, 1.82) is 0 Å². The minimum Gasteiger partial charge on any atom is -0.481 e. The van der Waals surface area contributed by atoms with Crippen molar-refractivity contribution in [3.05, 3.63) is 40.9 Å². The third kappa shape index (κ3) is 4.71. The Labute approximate surface area is 142 Å². The van der Waals surface area contributed by atoms with Crippen molar-refractivity contribution in [2.45, 2.75) is 39.8 Å². The average Bonchev–Trinajstić information content (AvgIpc) is 3.05. The summed E-state index contributed by atoms with van der Waals surface area (Å²) in [6.07, 6.45) is 0. The number of methoxy groups -OCH3 is 1. The van der Waals surface area contributed by atoms with Crippen LogP contribution in [0.15, 0.2) is 27.7 Å². The van der Waals surface area contributed by atoms with Crippen LogP contribution < -0.4 is 15.4 Å². The van der Waals surface area contributed by atoms with E-state index in [1.54, 1.807) is 14.2 Å². The maximum absolute atomic E-state index is 5.31. The van der Waals surface area contributed by atoms with Crippen LogP contribution in [0.4, 0.5) is 0 Å². The minimum absolute atomic E-state index is 0.349. The van der Waals surface area contributed by atoms with Crippen molar-refractivity contribution in [3.63, 3.8) is 0 Å². The van der Waals surface area contributed by atoms with Gasteiger partial charge >= 0.3 is 0 Å². The molecule has 0 atom stereocenters. The first kappa shape index (κ1) is 17.8. The van der Waals surface area contributed by atoms with Crippen molar-refractivity contribution in [2.24, 2.45) is 4.99 Å². The summed E-state index contributed by atoms with van der Waals surface area (Å²) in [6.45, 7) is 7.17. The lowest BCUT2D eigenvalue weighted by Gasteiger charge is -2.12. The number of rotatable bonds is 6. The highest BCUT2D eigenvalue weighted by Gasteiger charge is 2.09. The number of hydrogen-bond acceptors (Lipinski definition) is 5. The molecule has 0 spiro atoms. The van der Waals surface area contributed by atoms with Crippen molar-refractivity contribution in [2.75, 3.05) is 14.2 Å². The zero-order valence-electron chi connectivity index (χ0n) is 14.9. The largest absolute Gasteiger partial charge is 0.481 e. The van der Waals surface area contributed by atoms with E-state index in [0.29, 0.717) is 30.8 Å². The number of guanidine groups is 1. The van der Waals surface area contributed by atoms with Gasteiger partial charge in [-0.1, -0.05) is 25.1 Å². The van der Waals surface area contributed by atoms with E-state index < -0.39 is 0 Å². The summed E-state index contributed by atoms with van der Waals surface area (Å²) in [5.74, 6) is 2.41. The summed E-state index contributed by atoms with van der Waals surface area (Å²) >= 11 is 0. The maximum atomic E-state index is 5.31. The molecule has 2 aromatic rings. The highest BCUT2D eigenvalue weighted by molar-refractivity contribution is 5.79. The van der Waals surface area contributed by atoms with Crippen molar-refractivity contribution in [1.82, 2.24) is 20.8 Å². The second kappa shape index (κ2) is 8.33. The van der Waals surface area contributed by atoms with Crippen LogP contribution in [0.2, 0.25) is 0 Å². The molecule has 0 aromatic carbocycles. The van der Waals surface area contributed by atoms with E-state index in [9.17, 15) is 0 Å². The zero-order valence-corrected chi connectivity index (χ0v) is 14.9. The Morgan fingerprint density at radius 2 is 2.04 bits per heavy atom. The lowest BCUT2D eigenvalue weighted by Crippen LogP contribution is -2.36. The molecule has 2 aromatic heterocycles. The smallest absolute Gasteiger partial charge is 0.218 e. The van der Waals surface area contributed by atoms with E-state index in [1.807, 2.05) is 25.1 Å². The zero-order chi connectivity index (χ0) is 17.5. The Morgan fingerprint density at radius 3 is 2.67 bits per heavy atom. The van der Waals surface area contributed by atoms with Crippen LogP contribution in [0, 0.1) is 6.92 Å². The molecule has 2 rings (SSSR count). The Kier molecular flexibility index (Phi) is 6.17. The molecule has 2 N–H and O–H groups in total. The molecule has 2 heterocycles. The van der Waals surface area contributed by atoms with E-state index in [4.69, 9.17) is 9.26 Å². The highest BCUT2D eigenvalue weighted by atomic mass is 16.5. The van der Waals surface area contributed by atoms with Gasteiger partial charge in [0, 0.05) is 30.9 Å². The molecule has 0 aliphatic heterocycles. The molecule has 7 nitrogen and oxygen atoms in total. The lowest BCUT2D eigenvalue weighted by molar-refractivity contribution is 0.371. The van der Waals surface area contributed by atoms with Gasteiger partial charge in [0.15, 0.2) is 11.7 Å². The number of pyridine rings is 1. The molecule has 0 aliphatic rings. The van der Waals surface area contributed by atoms with Gasteiger partial charge in [0.25, 0.3) is 0 Å². The van der Waals surface area contributed by atoms with Gasteiger partial charge in [-0.3, -0.25) is 4.99 Å². The maximum Gasteiger partial charge on any atom is 0.218 e.